The summed E-state index contributed by atoms with van der Waals surface area (Å²) in [5.74, 6) is 1.72. The van der Waals surface area contributed by atoms with Gasteiger partial charge in [-0.25, -0.2) is 9.97 Å². The average molecular weight is 723 g/mol. The summed E-state index contributed by atoms with van der Waals surface area (Å²) in [6.45, 7) is 0. The molecule has 0 saturated heterocycles. The lowest BCUT2D eigenvalue weighted by Gasteiger charge is -2.11. The fourth-order valence-electron chi connectivity index (χ4n) is 7.86. The van der Waals surface area contributed by atoms with Gasteiger partial charge < -0.3 is 0 Å². The van der Waals surface area contributed by atoms with Crippen LogP contribution in [0.2, 0.25) is 0 Å². The van der Waals surface area contributed by atoms with Crippen LogP contribution in [-0.2, 0) is 0 Å². The topological polar surface area (TPSA) is 61.4 Å². The van der Waals surface area contributed by atoms with Crippen molar-refractivity contribution in [2.75, 3.05) is 0 Å². The maximum Gasteiger partial charge on any atom is 0.150 e. The highest BCUT2D eigenvalue weighted by atomic mass is 32.1. The first-order valence-corrected chi connectivity index (χ1v) is 19.1. The number of fused-ring (bicyclic) bond motifs is 6. The van der Waals surface area contributed by atoms with E-state index in [0.717, 1.165) is 88.1 Å². The van der Waals surface area contributed by atoms with Crippen molar-refractivity contribution in [3.63, 3.8) is 0 Å². The van der Waals surface area contributed by atoms with Crippen LogP contribution in [0, 0.1) is 0 Å². The predicted molar refractivity (Wildman–Crippen MR) is 226 cm³/mol. The Hall–Kier alpha value is -7.22. The van der Waals surface area contributed by atoms with Crippen LogP contribution in [0.4, 0.5) is 0 Å². The zero-order chi connectivity index (χ0) is 36.3. The van der Waals surface area contributed by atoms with Crippen LogP contribution in [-0.4, -0.2) is 29.3 Å². The third-order valence-corrected chi connectivity index (χ3v) is 11.3. The van der Waals surface area contributed by atoms with Gasteiger partial charge in [-0.2, -0.15) is 0 Å². The molecule has 258 valence electrons. The van der Waals surface area contributed by atoms with E-state index in [1.807, 2.05) is 36.4 Å². The van der Waals surface area contributed by atoms with Crippen molar-refractivity contribution >= 4 is 54.9 Å². The van der Waals surface area contributed by atoms with Crippen LogP contribution in [0.5, 0.6) is 0 Å². The summed E-state index contributed by atoms with van der Waals surface area (Å²) >= 11 is 1.60. The zero-order valence-corrected chi connectivity index (χ0v) is 30.2. The van der Waals surface area contributed by atoms with Gasteiger partial charge in [-0.3, -0.25) is 9.13 Å². The highest BCUT2D eigenvalue weighted by molar-refractivity contribution is 7.18. The average Bonchev–Trinajstić information content (AvgIpc) is 3.98. The van der Waals surface area contributed by atoms with Crippen LogP contribution >= 0.6 is 11.3 Å². The largest absolute Gasteiger partial charge is 0.294 e. The molecular formula is C48H30N6S. The van der Waals surface area contributed by atoms with E-state index in [0.29, 0.717) is 0 Å². The second kappa shape index (κ2) is 12.7. The number of hydrogen-bond acceptors (Lipinski definition) is 5. The molecule has 6 nitrogen and oxygen atoms in total. The Morgan fingerprint density at radius 1 is 0.364 bits per heavy atom. The molecule has 5 heterocycles. The van der Waals surface area contributed by atoms with Crippen LogP contribution in [0.25, 0.3) is 98.9 Å². The summed E-state index contributed by atoms with van der Waals surface area (Å²) in [6.07, 6.45) is 0. The lowest BCUT2D eigenvalue weighted by Crippen LogP contribution is -1.99. The number of nitrogens with zero attached hydrogens (tertiary/aromatic N) is 6. The Morgan fingerprint density at radius 3 is 1.58 bits per heavy atom. The van der Waals surface area contributed by atoms with Crippen molar-refractivity contribution in [2.24, 2.45) is 0 Å². The molecule has 55 heavy (non-hydrogen) atoms. The Kier molecular flexibility index (Phi) is 7.25. The van der Waals surface area contributed by atoms with Gasteiger partial charge in [0.1, 0.15) is 21.7 Å². The fraction of sp³-hybridized carbons (Fsp3) is 0. The quantitative estimate of drug-likeness (QED) is 0.171. The van der Waals surface area contributed by atoms with Gasteiger partial charge in [-0.15, -0.1) is 10.2 Å². The summed E-state index contributed by atoms with van der Waals surface area (Å²) < 4.78 is 4.53. The maximum atomic E-state index is 5.20. The normalized spacial score (nSPS) is 11.6. The molecule has 0 unspecified atom stereocenters. The summed E-state index contributed by atoms with van der Waals surface area (Å²) in [5, 5.41) is 16.0. The molecule has 11 rings (SSSR count). The molecule has 7 heteroatoms. The summed E-state index contributed by atoms with van der Waals surface area (Å²) in [6, 6.07) is 63.2. The molecule has 0 aliphatic heterocycles. The zero-order valence-electron chi connectivity index (χ0n) is 29.4. The van der Waals surface area contributed by atoms with E-state index in [1.54, 1.807) is 11.3 Å². The van der Waals surface area contributed by atoms with E-state index in [-0.39, 0.29) is 0 Å². The molecule has 0 atom stereocenters. The Labute approximate surface area is 320 Å². The van der Waals surface area contributed by atoms with E-state index in [9.17, 15) is 0 Å². The molecule has 0 radical (unpaired) electrons. The first-order valence-electron chi connectivity index (χ1n) is 18.2. The van der Waals surface area contributed by atoms with Gasteiger partial charge in [0.05, 0.1) is 33.5 Å². The molecule has 0 spiro atoms. The highest BCUT2D eigenvalue weighted by Crippen LogP contribution is 2.41. The molecule has 0 aliphatic rings. The third kappa shape index (κ3) is 5.16. The van der Waals surface area contributed by atoms with Gasteiger partial charge in [-0.1, -0.05) is 145 Å². The van der Waals surface area contributed by atoms with Crippen LogP contribution in [0.15, 0.2) is 182 Å². The molecule has 6 aromatic carbocycles. The van der Waals surface area contributed by atoms with Gasteiger partial charge in [0.15, 0.2) is 0 Å². The first-order chi connectivity index (χ1) is 27.3. The minimum absolute atomic E-state index is 0.849. The molecule has 0 N–H and O–H groups in total. The number of para-hydroxylation sites is 3. The molecule has 0 amide bonds. The first kappa shape index (κ1) is 31.3. The number of benzene rings is 6. The molecule has 11 aromatic rings. The minimum Gasteiger partial charge on any atom is -0.294 e. The summed E-state index contributed by atoms with van der Waals surface area (Å²) in [7, 11) is 0. The van der Waals surface area contributed by atoms with E-state index < -0.39 is 0 Å². The van der Waals surface area contributed by atoms with Gasteiger partial charge in [-0.05, 0) is 48.5 Å². The third-order valence-electron chi connectivity index (χ3n) is 10.3. The second-order valence-electron chi connectivity index (χ2n) is 13.5. The van der Waals surface area contributed by atoms with Gasteiger partial charge >= 0.3 is 0 Å². The van der Waals surface area contributed by atoms with E-state index in [2.05, 4.69) is 155 Å². The summed E-state index contributed by atoms with van der Waals surface area (Å²) in [5.41, 5.74) is 10.4. The monoisotopic (exact) mass is 722 g/mol. The van der Waals surface area contributed by atoms with E-state index >= 15 is 0 Å². The van der Waals surface area contributed by atoms with Crippen LogP contribution < -0.4 is 0 Å². The minimum atomic E-state index is 0.849. The van der Waals surface area contributed by atoms with E-state index in [4.69, 9.17) is 20.2 Å². The van der Waals surface area contributed by atoms with Gasteiger partial charge in [0, 0.05) is 43.8 Å². The molecule has 5 aromatic heterocycles. The smallest absolute Gasteiger partial charge is 0.150 e. The summed E-state index contributed by atoms with van der Waals surface area (Å²) in [4.78, 5) is 10.4. The van der Waals surface area contributed by atoms with Crippen molar-refractivity contribution in [1.29, 1.82) is 0 Å². The lowest BCUT2D eigenvalue weighted by atomic mass is 10.1. The number of hydrogen-bond donors (Lipinski definition) is 0. The van der Waals surface area contributed by atoms with E-state index in [1.165, 1.54) is 10.8 Å². The molecule has 0 aliphatic carbocycles. The Balaban J connectivity index is 1.06. The Morgan fingerprint density at radius 2 is 0.891 bits per heavy atom. The SMILES string of the molecule is c1ccc(-c2cccc(-n3c4ccccc4c4ccc(-c5nnc(-c6cccc7c8ccccc8n(-c8cccc(-c9ccccc9)n8)c67)s5)cc43)n2)cc1. The van der Waals surface area contributed by atoms with Crippen LogP contribution in [0.1, 0.15) is 0 Å². The van der Waals surface area contributed by atoms with Gasteiger partial charge in [0.2, 0.25) is 0 Å². The molecule has 0 bridgehead atoms. The maximum absolute atomic E-state index is 5.20. The molecule has 0 saturated carbocycles. The highest BCUT2D eigenvalue weighted by Gasteiger charge is 2.21. The number of rotatable bonds is 6. The van der Waals surface area contributed by atoms with Crippen molar-refractivity contribution in [3.8, 4) is 55.3 Å². The van der Waals surface area contributed by atoms with Crippen molar-refractivity contribution in [2.45, 2.75) is 0 Å². The fourth-order valence-corrected chi connectivity index (χ4v) is 8.73. The number of aromatic nitrogens is 6. The van der Waals surface area contributed by atoms with Crippen LogP contribution in [0.3, 0.4) is 0 Å². The predicted octanol–water partition coefficient (Wildman–Crippen LogP) is 12.2. The van der Waals surface area contributed by atoms with Crippen molar-refractivity contribution in [3.05, 3.63) is 182 Å². The standard InChI is InChI=1S/C48H30N6S/c1-3-14-31(15-4-1)39-22-12-26-44(49-39)53-41-24-9-7-18-34(41)36-29-28-33(30-43(36)53)47-51-52-48(55-47)38-21-11-20-37-35-19-8-10-25-42(35)54(46(37)38)45-27-13-23-40(50-45)32-16-5-2-6-17-32/h1-30H. The Bertz CT molecular complexity index is 3210. The van der Waals surface area contributed by atoms with Gasteiger partial charge in [0.25, 0.3) is 0 Å². The molecule has 0 fully saturated rings. The second-order valence-corrected chi connectivity index (χ2v) is 14.5. The number of pyridine rings is 2. The van der Waals surface area contributed by atoms with Crippen molar-refractivity contribution in [1.82, 2.24) is 29.3 Å². The lowest BCUT2D eigenvalue weighted by molar-refractivity contribution is 1.08. The van der Waals surface area contributed by atoms with Crippen molar-refractivity contribution < 1.29 is 0 Å². The molecular weight excluding hydrogens is 693 g/mol.